The number of rotatable bonds is 3. The largest absolute Gasteiger partial charge is 0.392 e. The molecule has 0 aliphatic heterocycles. The van der Waals surface area contributed by atoms with Crippen LogP contribution in [0.25, 0.3) is 0 Å². The van der Waals surface area contributed by atoms with Crippen molar-refractivity contribution in [3.05, 3.63) is 23.8 Å². The van der Waals surface area contributed by atoms with Crippen molar-refractivity contribution in [1.82, 2.24) is 0 Å². The fourth-order valence-corrected chi connectivity index (χ4v) is 0.475. The first-order chi connectivity index (χ1) is 4.27. The molecule has 0 fully saturated rings. The van der Waals surface area contributed by atoms with Gasteiger partial charge in [-0.3, -0.25) is 0 Å². The molecule has 0 aromatic rings. The van der Waals surface area contributed by atoms with Crippen molar-refractivity contribution >= 4 is 0 Å². The van der Waals surface area contributed by atoms with E-state index in [0.29, 0.717) is 0 Å². The van der Waals surface area contributed by atoms with Gasteiger partial charge in [0.2, 0.25) is 0 Å². The maximum absolute atomic E-state index is 8.32. The lowest BCUT2D eigenvalue weighted by atomic mass is 10.2. The van der Waals surface area contributed by atoms with Gasteiger partial charge in [-0.15, -0.1) is 0 Å². The molecular weight excluding hydrogens is 112 g/mol. The van der Waals surface area contributed by atoms with Crippen LogP contribution in [0.1, 0.15) is 20.3 Å². The van der Waals surface area contributed by atoms with E-state index < -0.39 is 0 Å². The summed E-state index contributed by atoms with van der Waals surface area (Å²) >= 11 is 0. The van der Waals surface area contributed by atoms with Crippen LogP contribution in [0.4, 0.5) is 0 Å². The van der Waals surface area contributed by atoms with E-state index in [4.69, 9.17) is 5.11 Å². The van der Waals surface area contributed by atoms with E-state index in [1.165, 1.54) is 5.57 Å². The second-order valence-corrected chi connectivity index (χ2v) is 2.17. The number of aliphatic hydroxyl groups is 1. The highest BCUT2D eigenvalue weighted by Gasteiger charge is 1.73. The number of allylic oxidation sites excluding steroid dienone is 3. The lowest BCUT2D eigenvalue weighted by Gasteiger charge is -1.84. The van der Waals surface area contributed by atoms with Crippen molar-refractivity contribution in [2.75, 3.05) is 6.61 Å². The van der Waals surface area contributed by atoms with Gasteiger partial charge in [-0.05, 0) is 20.3 Å². The summed E-state index contributed by atoms with van der Waals surface area (Å²) in [5.41, 5.74) is 1.32. The molecule has 0 radical (unpaired) electrons. The normalized spacial score (nSPS) is 10.1. The lowest BCUT2D eigenvalue weighted by Crippen LogP contribution is -1.70. The highest BCUT2D eigenvalue weighted by Crippen LogP contribution is 1.92. The van der Waals surface area contributed by atoms with Crippen LogP contribution in [0, 0.1) is 0 Å². The number of hydrogen-bond donors (Lipinski definition) is 1. The average molecular weight is 126 g/mol. The second-order valence-electron chi connectivity index (χ2n) is 2.17. The van der Waals surface area contributed by atoms with Crippen molar-refractivity contribution in [1.29, 1.82) is 0 Å². The molecule has 0 saturated heterocycles. The fourth-order valence-electron chi connectivity index (χ4n) is 0.475. The average Bonchev–Trinajstić information content (AvgIpc) is 1.80. The molecule has 0 atom stereocenters. The topological polar surface area (TPSA) is 20.2 Å². The molecule has 0 bridgehead atoms. The number of hydrogen-bond acceptors (Lipinski definition) is 1. The summed E-state index contributed by atoms with van der Waals surface area (Å²) in [4.78, 5) is 0. The first kappa shape index (κ1) is 8.44. The maximum Gasteiger partial charge on any atom is 0.0612 e. The van der Waals surface area contributed by atoms with E-state index >= 15 is 0 Å². The Morgan fingerprint density at radius 3 is 2.44 bits per heavy atom. The molecule has 1 nitrogen and oxygen atoms in total. The molecule has 0 aromatic heterocycles. The predicted molar refractivity (Wildman–Crippen MR) is 40.3 cm³/mol. The molecule has 1 N–H and O–H groups in total. The van der Waals surface area contributed by atoms with E-state index in [9.17, 15) is 0 Å². The van der Waals surface area contributed by atoms with Gasteiger partial charge in [0.25, 0.3) is 0 Å². The second kappa shape index (κ2) is 5.57. The Bertz CT molecular complexity index is 108. The van der Waals surface area contributed by atoms with Gasteiger partial charge in [-0.2, -0.15) is 0 Å². The smallest absolute Gasteiger partial charge is 0.0612 e. The maximum atomic E-state index is 8.32. The van der Waals surface area contributed by atoms with Gasteiger partial charge in [0, 0.05) is 0 Å². The van der Waals surface area contributed by atoms with Crippen LogP contribution in [0.2, 0.25) is 0 Å². The minimum absolute atomic E-state index is 0.149. The molecule has 0 unspecified atom stereocenters. The SMILES string of the molecule is CC(C)=CC/C=C/CO. The van der Waals surface area contributed by atoms with Gasteiger partial charge in [0.1, 0.15) is 0 Å². The Hall–Kier alpha value is -0.560. The highest BCUT2D eigenvalue weighted by molar-refractivity contribution is 4.98. The molecule has 1 heteroatoms. The summed E-state index contributed by atoms with van der Waals surface area (Å²) < 4.78 is 0. The van der Waals surface area contributed by atoms with E-state index in [0.717, 1.165) is 6.42 Å². The Labute approximate surface area is 56.7 Å². The van der Waals surface area contributed by atoms with Crippen LogP contribution in [0.5, 0.6) is 0 Å². The Kier molecular flexibility index (Phi) is 5.23. The van der Waals surface area contributed by atoms with Crippen molar-refractivity contribution in [2.24, 2.45) is 0 Å². The van der Waals surface area contributed by atoms with Crippen molar-refractivity contribution in [2.45, 2.75) is 20.3 Å². The van der Waals surface area contributed by atoms with E-state index in [2.05, 4.69) is 19.9 Å². The van der Waals surface area contributed by atoms with Gasteiger partial charge < -0.3 is 5.11 Å². The summed E-state index contributed by atoms with van der Waals surface area (Å²) in [7, 11) is 0. The zero-order valence-electron chi connectivity index (χ0n) is 6.09. The standard InChI is InChI=1S/C8H14O/c1-8(2)6-4-3-5-7-9/h3,5-6,9H,4,7H2,1-2H3/b5-3+. The third-order valence-electron chi connectivity index (χ3n) is 0.934. The molecule has 0 heterocycles. The van der Waals surface area contributed by atoms with Crippen molar-refractivity contribution < 1.29 is 5.11 Å². The van der Waals surface area contributed by atoms with E-state index in [1.54, 1.807) is 6.08 Å². The minimum atomic E-state index is 0.149. The van der Waals surface area contributed by atoms with Gasteiger partial charge in [0.15, 0.2) is 0 Å². The molecule has 9 heavy (non-hydrogen) atoms. The van der Waals surface area contributed by atoms with E-state index in [-0.39, 0.29) is 6.61 Å². The lowest BCUT2D eigenvalue weighted by molar-refractivity contribution is 0.342. The Morgan fingerprint density at radius 1 is 1.33 bits per heavy atom. The third-order valence-corrected chi connectivity index (χ3v) is 0.934. The van der Waals surface area contributed by atoms with Gasteiger partial charge in [-0.25, -0.2) is 0 Å². The van der Waals surface area contributed by atoms with Crippen LogP contribution < -0.4 is 0 Å². The zero-order valence-corrected chi connectivity index (χ0v) is 6.09. The van der Waals surface area contributed by atoms with Crippen LogP contribution >= 0.6 is 0 Å². The Morgan fingerprint density at radius 2 is 2.00 bits per heavy atom. The zero-order chi connectivity index (χ0) is 7.11. The molecule has 0 aliphatic rings. The van der Waals surface area contributed by atoms with Crippen LogP contribution in [-0.4, -0.2) is 11.7 Å². The molecule has 52 valence electrons. The molecule has 0 aliphatic carbocycles. The molecular formula is C8H14O. The van der Waals surface area contributed by atoms with Gasteiger partial charge >= 0.3 is 0 Å². The van der Waals surface area contributed by atoms with Gasteiger partial charge in [-0.1, -0.05) is 23.8 Å². The minimum Gasteiger partial charge on any atom is -0.392 e. The monoisotopic (exact) mass is 126 g/mol. The summed E-state index contributed by atoms with van der Waals surface area (Å²) in [6.45, 7) is 4.27. The predicted octanol–water partition coefficient (Wildman–Crippen LogP) is 1.89. The summed E-state index contributed by atoms with van der Waals surface area (Å²) in [6.07, 6.45) is 6.75. The molecule has 0 aromatic carbocycles. The van der Waals surface area contributed by atoms with Crippen molar-refractivity contribution in [3.63, 3.8) is 0 Å². The first-order valence-corrected chi connectivity index (χ1v) is 3.16. The Balaban J connectivity index is 3.29. The summed E-state index contributed by atoms with van der Waals surface area (Å²) in [5, 5.41) is 8.32. The van der Waals surface area contributed by atoms with Crippen LogP contribution in [0.3, 0.4) is 0 Å². The van der Waals surface area contributed by atoms with Crippen LogP contribution in [-0.2, 0) is 0 Å². The first-order valence-electron chi connectivity index (χ1n) is 3.16. The summed E-state index contributed by atoms with van der Waals surface area (Å²) in [6, 6.07) is 0. The van der Waals surface area contributed by atoms with Crippen molar-refractivity contribution in [3.8, 4) is 0 Å². The van der Waals surface area contributed by atoms with Gasteiger partial charge in [0.05, 0.1) is 6.61 Å². The highest BCUT2D eigenvalue weighted by atomic mass is 16.2. The molecule has 0 amide bonds. The third kappa shape index (κ3) is 7.44. The van der Waals surface area contributed by atoms with E-state index in [1.807, 2.05) is 6.08 Å². The number of aliphatic hydroxyl groups excluding tert-OH is 1. The fraction of sp³-hybridized carbons (Fsp3) is 0.500. The summed E-state index contributed by atoms with van der Waals surface area (Å²) in [5.74, 6) is 0. The molecule has 0 spiro atoms. The quantitative estimate of drug-likeness (QED) is 0.572. The molecule has 0 saturated carbocycles. The van der Waals surface area contributed by atoms with Crippen LogP contribution in [0.15, 0.2) is 23.8 Å². The molecule has 0 rings (SSSR count).